The summed E-state index contributed by atoms with van der Waals surface area (Å²) in [7, 11) is 1.04. The molecule has 0 unspecified atom stereocenters. The van der Waals surface area contributed by atoms with E-state index in [2.05, 4.69) is 5.32 Å². The van der Waals surface area contributed by atoms with Crippen LogP contribution in [-0.2, 0) is 14.1 Å². The first-order valence-corrected chi connectivity index (χ1v) is 8.68. The molecule has 0 spiro atoms. The van der Waals surface area contributed by atoms with Gasteiger partial charge in [0.1, 0.15) is 5.75 Å². The summed E-state index contributed by atoms with van der Waals surface area (Å²) in [5, 5.41) is 3.10. The minimum absolute atomic E-state index is 0.0602. The Bertz CT molecular complexity index is 621. The average Bonchev–Trinajstić information content (AvgIpc) is 2.71. The molecule has 1 aromatic carbocycles. The molecule has 1 aliphatic rings. The van der Waals surface area contributed by atoms with Gasteiger partial charge in [0.25, 0.3) is 0 Å². The van der Waals surface area contributed by atoms with Gasteiger partial charge in [-0.15, -0.1) is 0 Å². The van der Waals surface area contributed by atoms with Crippen molar-refractivity contribution in [1.82, 2.24) is 5.32 Å². The van der Waals surface area contributed by atoms with E-state index in [1.807, 2.05) is 72.7 Å². The van der Waals surface area contributed by atoms with E-state index < -0.39 is 29.7 Å². The Labute approximate surface area is 151 Å². The van der Waals surface area contributed by atoms with Crippen LogP contribution in [0.1, 0.15) is 60.0 Å². The number of benzene rings is 1. The highest BCUT2D eigenvalue weighted by molar-refractivity contribution is 6.47. The third kappa shape index (κ3) is 4.18. The number of carbonyl (C=O) groups is 1. The van der Waals surface area contributed by atoms with E-state index >= 15 is 0 Å². The molecule has 5 nitrogen and oxygen atoms in total. The minimum Gasteiger partial charge on any atom is -0.497 e. The van der Waals surface area contributed by atoms with Gasteiger partial charge in [0.15, 0.2) is 0 Å². The lowest BCUT2D eigenvalue weighted by Crippen LogP contribution is -2.45. The largest absolute Gasteiger partial charge is 0.497 e. The summed E-state index contributed by atoms with van der Waals surface area (Å²) in [4.78, 5) is 12.6. The lowest BCUT2D eigenvalue weighted by Gasteiger charge is -2.32. The maximum Gasteiger partial charge on any atom is 0.486 e. The van der Waals surface area contributed by atoms with Crippen LogP contribution in [-0.4, -0.2) is 31.3 Å². The Hall–Kier alpha value is -1.53. The maximum atomic E-state index is 12.6. The van der Waals surface area contributed by atoms with Crippen LogP contribution in [0.5, 0.6) is 5.75 Å². The Morgan fingerprint density at radius 3 is 2.20 bits per heavy atom. The summed E-state index contributed by atoms with van der Waals surface area (Å²) >= 11 is 0. The summed E-state index contributed by atoms with van der Waals surface area (Å²) in [6.45, 7) is 13.7. The quantitative estimate of drug-likeness (QED) is 0.847. The smallest absolute Gasteiger partial charge is 0.486 e. The molecule has 0 aromatic heterocycles. The molecule has 1 amide bonds. The fourth-order valence-corrected chi connectivity index (χ4v) is 2.53. The molecule has 1 heterocycles. The lowest BCUT2D eigenvalue weighted by atomic mass is 9.73. The van der Waals surface area contributed by atoms with Gasteiger partial charge < -0.3 is 19.4 Å². The molecular weight excluding hydrogens is 317 g/mol. The monoisotopic (exact) mass is 347 g/mol. The van der Waals surface area contributed by atoms with E-state index in [0.717, 1.165) is 11.3 Å². The number of carbonyl (C=O) groups excluding carboxylic acids is 1. The van der Waals surface area contributed by atoms with Crippen LogP contribution in [0.25, 0.3) is 0 Å². The number of hydrogen-bond donors (Lipinski definition) is 1. The Morgan fingerprint density at radius 1 is 1.16 bits per heavy atom. The standard InChI is InChI=1S/C19H30BNO4/c1-17(2,3)16(22)21-15(13-10-9-11-14(12-13)23-8)20-24-18(4,5)19(6,7)25-20/h9-12,15H,1-8H3,(H,21,22)/t15-/m0/s1. The highest BCUT2D eigenvalue weighted by atomic mass is 16.7. The van der Waals surface area contributed by atoms with Crippen LogP contribution in [0.3, 0.4) is 0 Å². The van der Waals surface area contributed by atoms with Crippen molar-refractivity contribution in [3.05, 3.63) is 29.8 Å². The molecule has 0 bridgehead atoms. The van der Waals surface area contributed by atoms with E-state index in [1.54, 1.807) is 7.11 Å². The molecule has 1 aliphatic heterocycles. The molecule has 0 aliphatic carbocycles. The van der Waals surface area contributed by atoms with Crippen LogP contribution in [0.15, 0.2) is 24.3 Å². The Kier molecular flexibility index (Phi) is 5.27. The second-order valence-corrected chi connectivity index (χ2v) is 8.60. The van der Waals surface area contributed by atoms with Gasteiger partial charge in [-0.2, -0.15) is 0 Å². The van der Waals surface area contributed by atoms with Gasteiger partial charge in [-0.25, -0.2) is 0 Å². The van der Waals surface area contributed by atoms with Crippen molar-refractivity contribution < 1.29 is 18.8 Å². The molecule has 1 N–H and O–H groups in total. The first-order chi connectivity index (χ1) is 11.4. The highest BCUT2D eigenvalue weighted by Crippen LogP contribution is 2.40. The summed E-state index contributed by atoms with van der Waals surface area (Å²) in [5.41, 5.74) is -0.570. The number of rotatable bonds is 4. The van der Waals surface area contributed by atoms with Gasteiger partial charge >= 0.3 is 7.12 Å². The van der Waals surface area contributed by atoms with Gasteiger partial charge in [0.05, 0.1) is 24.3 Å². The second kappa shape index (κ2) is 6.65. The van der Waals surface area contributed by atoms with Crippen molar-refractivity contribution in [2.24, 2.45) is 5.41 Å². The van der Waals surface area contributed by atoms with E-state index in [4.69, 9.17) is 14.0 Å². The molecule has 138 valence electrons. The SMILES string of the molecule is COc1cccc([C@H](NC(=O)C(C)(C)C)B2OC(C)(C)C(C)(C)O2)c1. The topological polar surface area (TPSA) is 56.8 Å². The van der Waals surface area contributed by atoms with Gasteiger partial charge in [-0.1, -0.05) is 32.9 Å². The van der Waals surface area contributed by atoms with Crippen molar-refractivity contribution >= 4 is 13.0 Å². The molecule has 0 saturated carbocycles. The number of nitrogens with one attached hydrogen (secondary N) is 1. The predicted octanol–water partition coefficient (Wildman–Crippen LogP) is 3.53. The van der Waals surface area contributed by atoms with Gasteiger partial charge in [0, 0.05) is 5.41 Å². The Morgan fingerprint density at radius 2 is 1.72 bits per heavy atom. The third-order valence-electron chi connectivity index (χ3n) is 4.96. The fourth-order valence-electron chi connectivity index (χ4n) is 2.53. The minimum atomic E-state index is -0.580. The third-order valence-corrected chi connectivity index (χ3v) is 4.96. The van der Waals surface area contributed by atoms with Gasteiger partial charge in [0.2, 0.25) is 5.91 Å². The van der Waals surface area contributed by atoms with Crippen LogP contribution >= 0.6 is 0 Å². The summed E-state index contributed by atoms with van der Waals surface area (Å²) in [6, 6.07) is 7.62. The molecule has 6 heteroatoms. The molecular formula is C19H30BNO4. The van der Waals surface area contributed by atoms with E-state index in [1.165, 1.54) is 0 Å². The van der Waals surface area contributed by atoms with Crippen molar-refractivity contribution in [3.8, 4) is 5.75 Å². The molecule has 25 heavy (non-hydrogen) atoms. The molecule has 1 saturated heterocycles. The van der Waals surface area contributed by atoms with Crippen molar-refractivity contribution in [2.75, 3.05) is 7.11 Å². The number of hydrogen-bond acceptors (Lipinski definition) is 4. The first-order valence-electron chi connectivity index (χ1n) is 8.68. The zero-order chi connectivity index (χ0) is 19.0. The van der Waals surface area contributed by atoms with E-state index in [0.29, 0.717) is 0 Å². The zero-order valence-corrected chi connectivity index (χ0v) is 16.6. The Balaban J connectivity index is 2.38. The van der Waals surface area contributed by atoms with Crippen molar-refractivity contribution in [2.45, 2.75) is 65.6 Å². The molecule has 1 atom stereocenters. The van der Waals surface area contributed by atoms with Crippen LogP contribution in [0.2, 0.25) is 0 Å². The van der Waals surface area contributed by atoms with E-state index in [9.17, 15) is 4.79 Å². The predicted molar refractivity (Wildman–Crippen MR) is 99.4 cm³/mol. The highest BCUT2D eigenvalue weighted by Gasteiger charge is 2.54. The van der Waals surface area contributed by atoms with E-state index in [-0.39, 0.29) is 5.91 Å². The van der Waals surface area contributed by atoms with Gasteiger partial charge in [-0.3, -0.25) is 4.79 Å². The number of methoxy groups -OCH3 is 1. The van der Waals surface area contributed by atoms with Crippen LogP contribution in [0, 0.1) is 5.41 Å². The van der Waals surface area contributed by atoms with Crippen LogP contribution in [0.4, 0.5) is 0 Å². The second-order valence-electron chi connectivity index (χ2n) is 8.60. The van der Waals surface area contributed by atoms with Gasteiger partial charge in [-0.05, 0) is 45.4 Å². The molecule has 2 rings (SSSR count). The zero-order valence-electron chi connectivity index (χ0n) is 16.6. The molecule has 1 fully saturated rings. The number of ether oxygens (including phenoxy) is 1. The number of amides is 1. The van der Waals surface area contributed by atoms with Crippen molar-refractivity contribution in [3.63, 3.8) is 0 Å². The average molecular weight is 347 g/mol. The summed E-state index contributed by atoms with van der Waals surface area (Å²) < 4.78 is 17.7. The summed E-state index contributed by atoms with van der Waals surface area (Å²) in [6.07, 6.45) is 0. The van der Waals surface area contributed by atoms with Crippen molar-refractivity contribution in [1.29, 1.82) is 0 Å². The lowest BCUT2D eigenvalue weighted by molar-refractivity contribution is -0.129. The molecule has 0 radical (unpaired) electrons. The fraction of sp³-hybridized carbons (Fsp3) is 0.632. The maximum absolute atomic E-state index is 12.6. The van der Waals surface area contributed by atoms with Crippen LogP contribution < -0.4 is 10.1 Å². The normalized spacial score (nSPS) is 20.2. The summed E-state index contributed by atoms with van der Waals surface area (Å²) in [5.74, 6) is 0.238. The first kappa shape index (κ1) is 19.8. The molecule has 1 aromatic rings.